The van der Waals surface area contributed by atoms with Crippen molar-refractivity contribution in [2.45, 2.75) is 31.5 Å². The van der Waals surface area contributed by atoms with E-state index in [1.807, 2.05) is 36.4 Å². The van der Waals surface area contributed by atoms with Crippen molar-refractivity contribution in [2.75, 3.05) is 7.11 Å². The Labute approximate surface area is 200 Å². The molecule has 3 heterocycles. The highest BCUT2D eigenvalue weighted by Crippen LogP contribution is 2.40. The molecular weight excluding hydrogens is 453 g/mol. The number of methoxy groups -OCH3 is 1. The van der Waals surface area contributed by atoms with Crippen LogP contribution in [0.5, 0.6) is 5.75 Å². The number of nitrogens with zero attached hydrogens (tertiary/aromatic N) is 4. The lowest BCUT2D eigenvalue weighted by Gasteiger charge is -2.25. The van der Waals surface area contributed by atoms with Crippen molar-refractivity contribution in [2.24, 2.45) is 0 Å². The molecule has 35 heavy (non-hydrogen) atoms. The lowest BCUT2D eigenvalue weighted by Crippen LogP contribution is -2.21. The Morgan fingerprint density at radius 3 is 2.60 bits per heavy atom. The van der Waals surface area contributed by atoms with E-state index in [9.17, 15) is 13.2 Å². The molecule has 0 radical (unpaired) electrons. The van der Waals surface area contributed by atoms with Gasteiger partial charge in [-0.25, -0.2) is 9.67 Å². The van der Waals surface area contributed by atoms with E-state index >= 15 is 0 Å². The molecule has 8 heteroatoms. The summed E-state index contributed by atoms with van der Waals surface area (Å²) in [5, 5.41) is 4.54. The molecule has 1 unspecified atom stereocenters. The molecule has 1 aliphatic rings. The van der Waals surface area contributed by atoms with Crippen LogP contribution in [-0.4, -0.2) is 26.9 Å². The van der Waals surface area contributed by atoms with Crippen molar-refractivity contribution in [3.05, 3.63) is 95.3 Å². The molecule has 0 saturated carbocycles. The molecule has 0 amide bonds. The quantitative estimate of drug-likeness (QED) is 0.332. The molecule has 0 bridgehead atoms. The Hall–Kier alpha value is -3.94. The van der Waals surface area contributed by atoms with Crippen LogP contribution >= 0.6 is 0 Å². The number of alkyl halides is 3. The minimum atomic E-state index is -4.41. The van der Waals surface area contributed by atoms with E-state index in [1.165, 1.54) is 6.07 Å². The van der Waals surface area contributed by atoms with Crippen LogP contribution in [-0.2, 0) is 12.7 Å². The normalized spacial score (nSPS) is 15.8. The van der Waals surface area contributed by atoms with Gasteiger partial charge in [0.1, 0.15) is 11.6 Å². The second kappa shape index (κ2) is 9.37. The fourth-order valence-corrected chi connectivity index (χ4v) is 4.55. The zero-order chi connectivity index (χ0) is 24.4. The first kappa shape index (κ1) is 22.8. The third-order valence-electron chi connectivity index (χ3n) is 6.17. The molecule has 178 valence electrons. The fraction of sp³-hybridized carbons (Fsp3) is 0.222. The van der Waals surface area contributed by atoms with Gasteiger partial charge in [-0.1, -0.05) is 36.4 Å². The molecular formula is C27H23F3N4O. The summed E-state index contributed by atoms with van der Waals surface area (Å²) in [6.07, 6.45) is 4.04. The third kappa shape index (κ3) is 4.69. The molecule has 0 saturated heterocycles. The van der Waals surface area contributed by atoms with Crippen LogP contribution in [0.4, 0.5) is 13.2 Å². The maximum atomic E-state index is 13.6. The van der Waals surface area contributed by atoms with Crippen molar-refractivity contribution >= 4 is 12.2 Å². The number of aromatic nitrogens is 4. The van der Waals surface area contributed by atoms with Gasteiger partial charge < -0.3 is 4.74 Å². The summed E-state index contributed by atoms with van der Waals surface area (Å²) in [7, 11) is 1.62. The largest absolute Gasteiger partial charge is 0.496 e. The summed E-state index contributed by atoms with van der Waals surface area (Å²) in [5.41, 5.74) is 2.49. The third-order valence-corrected chi connectivity index (χ3v) is 6.17. The lowest BCUT2D eigenvalue weighted by atomic mass is 9.88. The second-order valence-electron chi connectivity index (χ2n) is 8.36. The van der Waals surface area contributed by atoms with Crippen LogP contribution < -0.4 is 4.74 Å². The number of hydrogen-bond acceptors (Lipinski definition) is 4. The summed E-state index contributed by atoms with van der Waals surface area (Å²) >= 11 is 0. The van der Waals surface area contributed by atoms with Gasteiger partial charge in [-0.05, 0) is 59.9 Å². The molecule has 2 aromatic carbocycles. The van der Waals surface area contributed by atoms with Crippen LogP contribution in [0.1, 0.15) is 47.1 Å². The predicted molar refractivity (Wildman–Crippen MR) is 128 cm³/mol. The molecule has 0 fully saturated rings. The smallest absolute Gasteiger partial charge is 0.416 e. The highest BCUT2D eigenvalue weighted by molar-refractivity contribution is 5.75. The molecule has 4 aromatic rings. The standard InChI is InChI=1S/C27H23F3N4O/c1-35-24-17-18(8-10-20(24)19-12-14-31-15-13-19)9-11-25-32-26-22(6-4-16-34(26)33-25)21-5-2-3-7-23(21)27(28,29)30/h2-3,5,7-15,17,22H,4,6,16H2,1H3/b11-9+. The lowest BCUT2D eigenvalue weighted by molar-refractivity contribution is -0.138. The predicted octanol–water partition coefficient (Wildman–Crippen LogP) is 6.46. The van der Waals surface area contributed by atoms with Gasteiger partial charge in [0.15, 0.2) is 5.82 Å². The van der Waals surface area contributed by atoms with Crippen molar-refractivity contribution in [3.63, 3.8) is 0 Å². The first-order valence-electron chi connectivity index (χ1n) is 11.3. The van der Waals surface area contributed by atoms with E-state index < -0.39 is 17.7 Å². The average Bonchev–Trinajstić information content (AvgIpc) is 3.30. The van der Waals surface area contributed by atoms with Crippen LogP contribution in [0, 0.1) is 0 Å². The Morgan fingerprint density at radius 2 is 1.83 bits per heavy atom. The Kier molecular flexibility index (Phi) is 6.11. The van der Waals surface area contributed by atoms with Crippen LogP contribution in [0.15, 0.2) is 67.0 Å². The van der Waals surface area contributed by atoms with Crippen molar-refractivity contribution < 1.29 is 17.9 Å². The van der Waals surface area contributed by atoms with Gasteiger partial charge in [0, 0.05) is 30.4 Å². The van der Waals surface area contributed by atoms with Crippen molar-refractivity contribution in [1.29, 1.82) is 0 Å². The summed E-state index contributed by atoms with van der Waals surface area (Å²) < 4.78 is 48.2. The summed E-state index contributed by atoms with van der Waals surface area (Å²) in [6.45, 7) is 0.634. The maximum Gasteiger partial charge on any atom is 0.416 e. The number of rotatable bonds is 5. The molecule has 0 aliphatic carbocycles. The molecule has 5 nitrogen and oxygen atoms in total. The first-order chi connectivity index (χ1) is 16.9. The number of halogens is 3. The van der Waals surface area contributed by atoms with Gasteiger partial charge in [0.25, 0.3) is 0 Å². The molecule has 2 aromatic heterocycles. The van der Waals surface area contributed by atoms with Gasteiger partial charge in [0.2, 0.25) is 0 Å². The van der Waals surface area contributed by atoms with Gasteiger partial charge in [-0.15, -0.1) is 0 Å². The van der Waals surface area contributed by atoms with Crippen LogP contribution in [0.2, 0.25) is 0 Å². The second-order valence-corrected chi connectivity index (χ2v) is 8.36. The van der Waals surface area contributed by atoms with Crippen molar-refractivity contribution in [1.82, 2.24) is 19.7 Å². The van der Waals surface area contributed by atoms with E-state index in [1.54, 1.807) is 42.4 Å². The van der Waals surface area contributed by atoms with E-state index in [-0.39, 0.29) is 5.56 Å². The molecule has 0 N–H and O–H groups in total. The zero-order valence-electron chi connectivity index (χ0n) is 19.0. The van der Waals surface area contributed by atoms with Gasteiger partial charge >= 0.3 is 6.18 Å². The minimum absolute atomic E-state index is 0.250. The van der Waals surface area contributed by atoms with Crippen LogP contribution in [0.3, 0.4) is 0 Å². The zero-order valence-corrected chi connectivity index (χ0v) is 19.0. The number of pyridine rings is 1. The number of aryl methyl sites for hydroxylation is 1. The molecule has 1 aliphatic heterocycles. The summed E-state index contributed by atoms with van der Waals surface area (Å²) in [5.74, 6) is 1.31. The Bertz CT molecular complexity index is 1360. The van der Waals surface area contributed by atoms with E-state index in [4.69, 9.17) is 4.74 Å². The molecule has 0 spiro atoms. The summed E-state index contributed by atoms with van der Waals surface area (Å²) in [4.78, 5) is 8.67. The number of benzene rings is 2. The summed E-state index contributed by atoms with van der Waals surface area (Å²) in [6, 6.07) is 15.4. The Morgan fingerprint density at radius 1 is 1.03 bits per heavy atom. The molecule has 1 atom stereocenters. The van der Waals surface area contributed by atoms with Gasteiger partial charge in [0.05, 0.1) is 12.7 Å². The number of hydrogen-bond donors (Lipinski definition) is 0. The highest BCUT2D eigenvalue weighted by atomic mass is 19.4. The molecule has 5 rings (SSSR count). The van der Waals surface area contributed by atoms with Gasteiger partial charge in [-0.3, -0.25) is 4.98 Å². The monoisotopic (exact) mass is 476 g/mol. The highest BCUT2D eigenvalue weighted by Gasteiger charge is 2.37. The maximum absolute atomic E-state index is 13.6. The fourth-order valence-electron chi connectivity index (χ4n) is 4.55. The van der Waals surface area contributed by atoms with E-state index in [0.717, 1.165) is 34.9 Å². The minimum Gasteiger partial charge on any atom is -0.496 e. The van der Waals surface area contributed by atoms with E-state index in [0.29, 0.717) is 24.6 Å². The van der Waals surface area contributed by atoms with Crippen molar-refractivity contribution in [3.8, 4) is 16.9 Å². The Balaban J connectivity index is 1.43. The van der Waals surface area contributed by atoms with Gasteiger partial charge in [-0.2, -0.15) is 18.3 Å². The SMILES string of the molecule is COc1cc(/C=C/c2nc3n(n2)CCCC3c2ccccc2C(F)(F)F)ccc1-c1ccncc1. The number of ether oxygens (including phenoxy) is 1. The number of fused-ring (bicyclic) bond motifs is 1. The topological polar surface area (TPSA) is 52.8 Å². The van der Waals surface area contributed by atoms with E-state index in [2.05, 4.69) is 15.1 Å². The average molecular weight is 477 g/mol. The first-order valence-corrected chi connectivity index (χ1v) is 11.3. The van der Waals surface area contributed by atoms with Crippen LogP contribution in [0.25, 0.3) is 23.3 Å².